The minimum absolute atomic E-state index is 0.0776. The number of carbonyl (C=O) groups is 1. The molecule has 0 spiro atoms. The van der Waals surface area contributed by atoms with Crippen molar-refractivity contribution in [3.05, 3.63) is 59.0 Å². The summed E-state index contributed by atoms with van der Waals surface area (Å²) in [5, 5.41) is 2.56. The van der Waals surface area contributed by atoms with Crippen molar-refractivity contribution in [1.82, 2.24) is 9.88 Å². The molecule has 0 bridgehead atoms. The predicted octanol–water partition coefficient (Wildman–Crippen LogP) is 3.47. The second-order valence-corrected chi connectivity index (χ2v) is 4.82. The Kier molecular flexibility index (Phi) is 4.65. The molecule has 2 rings (SSSR count). The van der Waals surface area contributed by atoms with E-state index in [9.17, 15) is 18.0 Å². The number of benzene rings is 1. The van der Waals surface area contributed by atoms with Crippen molar-refractivity contribution in [2.45, 2.75) is 13.5 Å². The van der Waals surface area contributed by atoms with Crippen LogP contribution in [0.1, 0.15) is 11.3 Å². The first-order valence-electron chi connectivity index (χ1n) is 6.46. The lowest BCUT2D eigenvalue weighted by Gasteiger charge is -2.18. The third-order valence-corrected chi connectivity index (χ3v) is 2.93. The van der Waals surface area contributed by atoms with Crippen LogP contribution in [0.2, 0.25) is 0 Å². The standard InChI is InChI=1S/C15H14F3N3O/c1-9-4-3-5-13(19-9)20-15(22)21(2)8-10-6-11(16)14(18)12(17)7-10/h3-7H,8H2,1-2H3,(H,19,20,22). The fourth-order valence-corrected chi connectivity index (χ4v) is 1.86. The molecule has 0 saturated heterocycles. The van der Waals surface area contributed by atoms with Crippen molar-refractivity contribution in [2.75, 3.05) is 12.4 Å². The van der Waals surface area contributed by atoms with Gasteiger partial charge in [-0.3, -0.25) is 5.32 Å². The molecule has 0 aliphatic carbocycles. The molecule has 2 amide bonds. The number of halogens is 3. The number of amides is 2. The molecule has 0 fully saturated rings. The number of nitrogens with zero attached hydrogens (tertiary/aromatic N) is 2. The molecule has 1 aromatic carbocycles. The van der Waals surface area contributed by atoms with Gasteiger partial charge in [0.1, 0.15) is 5.82 Å². The van der Waals surface area contributed by atoms with Crippen molar-refractivity contribution in [3.8, 4) is 0 Å². The Balaban J connectivity index is 2.05. The van der Waals surface area contributed by atoms with Crippen LogP contribution in [0.25, 0.3) is 0 Å². The molecule has 22 heavy (non-hydrogen) atoms. The highest BCUT2D eigenvalue weighted by atomic mass is 19.2. The molecule has 1 heterocycles. The second-order valence-electron chi connectivity index (χ2n) is 4.82. The number of hydrogen-bond acceptors (Lipinski definition) is 2. The number of anilines is 1. The SMILES string of the molecule is Cc1cccc(NC(=O)N(C)Cc2cc(F)c(F)c(F)c2)n1. The lowest BCUT2D eigenvalue weighted by atomic mass is 10.2. The van der Waals surface area contributed by atoms with E-state index >= 15 is 0 Å². The number of aryl methyl sites for hydroxylation is 1. The summed E-state index contributed by atoms with van der Waals surface area (Å²) in [6.45, 7) is 1.70. The molecule has 116 valence electrons. The van der Waals surface area contributed by atoms with Gasteiger partial charge in [-0.15, -0.1) is 0 Å². The Hall–Kier alpha value is -2.57. The van der Waals surface area contributed by atoms with Gasteiger partial charge in [0.15, 0.2) is 17.5 Å². The van der Waals surface area contributed by atoms with Crippen LogP contribution < -0.4 is 5.32 Å². The Labute approximate surface area is 125 Å². The minimum atomic E-state index is -1.53. The zero-order chi connectivity index (χ0) is 16.3. The Bertz CT molecular complexity index is 683. The van der Waals surface area contributed by atoms with Gasteiger partial charge in [-0.05, 0) is 36.8 Å². The number of carbonyl (C=O) groups excluding carboxylic acids is 1. The lowest BCUT2D eigenvalue weighted by Crippen LogP contribution is -2.31. The van der Waals surface area contributed by atoms with E-state index in [-0.39, 0.29) is 12.1 Å². The van der Waals surface area contributed by atoms with Gasteiger partial charge < -0.3 is 4.90 Å². The smallest absolute Gasteiger partial charge is 0.323 e. The van der Waals surface area contributed by atoms with Crippen molar-refractivity contribution >= 4 is 11.8 Å². The number of aromatic nitrogens is 1. The van der Waals surface area contributed by atoms with E-state index in [2.05, 4.69) is 10.3 Å². The number of rotatable bonds is 3. The van der Waals surface area contributed by atoms with Crippen LogP contribution in [0.4, 0.5) is 23.8 Å². The summed E-state index contributed by atoms with van der Waals surface area (Å²) in [5.74, 6) is -3.73. The molecule has 2 aromatic rings. The van der Waals surface area contributed by atoms with Crippen LogP contribution in [0.15, 0.2) is 30.3 Å². The summed E-state index contributed by atoms with van der Waals surface area (Å²) >= 11 is 0. The zero-order valence-electron chi connectivity index (χ0n) is 12.0. The summed E-state index contributed by atoms with van der Waals surface area (Å²) in [5.41, 5.74) is 0.884. The van der Waals surface area contributed by atoms with Crippen LogP contribution in [0, 0.1) is 24.4 Å². The van der Waals surface area contributed by atoms with Gasteiger partial charge in [0.25, 0.3) is 0 Å². The molecule has 1 aromatic heterocycles. The predicted molar refractivity (Wildman–Crippen MR) is 75.8 cm³/mol. The maximum Gasteiger partial charge on any atom is 0.323 e. The highest BCUT2D eigenvalue weighted by molar-refractivity contribution is 5.88. The fourth-order valence-electron chi connectivity index (χ4n) is 1.86. The first-order chi connectivity index (χ1) is 10.4. The van der Waals surface area contributed by atoms with Crippen LogP contribution >= 0.6 is 0 Å². The molecule has 7 heteroatoms. The number of nitrogens with one attached hydrogen (secondary N) is 1. The minimum Gasteiger partial charge on any atom is -0.323 e. The average Bonchev–Trinajstić information content (AvgIpc) is 2.44. The van der Waals surface area contributed by atoms with Crippen LogP contribution in [0.3, 0.4) is 0 Å². The summed E-state index contributed by atoms with van der Waals surface area (Å²) in [4.78, 5) is 17.3. The Morgan fingerprint density at radius 3 is 2.45 bits per heavy atom. The summed E-state index contributed by atoms with van der Waals surface area (Å²) < 4.78 is 39.2. The second kappa shape index (κ2) is 6.46. The molecule has 4 nitrogen and oxygen atoms in total. The summed E-state index contributed by atoms with van der Waals surface area (Å²) in [6.07, 6.45) is 0. The fraction of sp³-hybridized carbons (Fsp3) is 0.200. The van der Waals surface area contributed by atoms with Gasteiger partial charge in [0.2, 0.25) is 0 Å². The van der Waals surface area contributed by atoms with E-state index in [4.69, 9.17) is 0 Å². The van der Waals surface area contributed by atoms with E-state index in [1.807, 2.05) is 0 Å². The van der Waals surface area contributed by atoms with E-state index in [1.54, 1.807) is 25.1 Å². The lowest BCUT2D eigenvalue weighted by molar-refractivity contribution is 0.220. The molecule has 0 unspecified atom stereocenters. The van der Waals surface area contributed by atoms with Gasteiger partial charge in [0, 0.05) is 19.3 Å². The third-order valence-electron chi connectivity index (χ3n) is 2.93. The molecule has 0 aliphatic heterocycles. The molecule has 0 saturated carbocycles. The van der Waals surface area contributed by atoms with Crippen LogP contribution in [-0.2, 0) is 6.54 Å². The van der Waals surface area contributed by atoms with Crippen molar-refractivity contribution in [1.29, 1.82) is 0 Å². The molecular weight excluding hydrogens is 295 g/mol. The molecule has 0 radical (unpaired) electrons. The van der Waals surface area contributed by atoms with Gasteiger partial charge in [0.05, 0.1) is 0 Å². The summed E-state index contributed by atoms with van der Waals surface area (Å²) in [6, 6.07) is 6.35. The average molecular weight is 309 g/mol. The van der Waals surface area contributed by atoms with Gasteiger partial charge in [-0.25, -0.2) is 22.9 Å². The van der Waals surface area contributed by atoms with Gasteiger partial charge in [-0.2, -0.15) is 0 Å². The number of pyridine rings is 1. The topological polar surface area (TPSA) is 45.2 Å². The zero-order valence-corrected chi connectivity index (χ0v) is 12.0. The molecular formula is C15H14F3N3O. The first kappa shape index (κ1) is 15.8. The van der Waals surface area contributed by atoms with Gasteiger partial charge >= 0.3 is 6.03 Å². The van der Waals surface area contributed by atoms with Crippen molar-refractivity contribution < 1.29 is 18.0 Å². The molecule has 0 aliphatic rings. The van der Waals surface area contributed by atoms with E-state index in [0.717, 1.165) is 17.8 Å². The Morgan fingerprint density at radius 2 is 1.86 bits per heavy atom. The van der Waals surface area contributed by atoms with Crippen LogP contribution in [0.5, 0.6) is 0 Å². The first-order valence-corrected chi connectivity index (χ1v) is 6.46. The van der Waals surface area contributed by atoms with Crippen molar-refractivity contribution in [3.63, 3.8) is 0 Å². The van der Waals surface area contributed by atoms with E-state index < -0.39 is 23.5 Å². The molecule has 0 atom stereocenters. The number of hydrogen-bond donors (Lipinski definition) is 1. The maximum atomic E-state index is 13.1. The quantitative estimate of drug-likeness (QED) is 0.882. The highest BCUT2D eigenvalue weighted by Gasteiger charge is 2.14. The van der Waals surface area contributed by atoms with E-state index in [1.165, 1.54) is 11.9 Å². The van der Waals surface area contributed by atoms with E-state index in [0.29, 0.717) is 5.82 Å². The van der Waals surface area contributed by atoms with Crippen molar-refractivity contribution in [2.24, 2.45) is 0 Å². The highest BCUT2D eigenvalue weighted by Crippen LogP contribution is 2.15. The maximum absolute atomic E-state index is 13.1. The monoisotopic (exact) mass is 309 g/mol. The third kappa shape index (κ3) is 3.75. The molecule has 1 N–H and O–H groups in total. The number of urea groups is 1. The largest absolute Gasteiger partial charge is 0.323 e. The summed E-state index contributed by atoms with van der Waals surface area (Å²) in [7, 11) is 1.45. The normalized spacial score (nSPS) is 10.4. The Morgan fingerprint density at radius 1 is 1.23 bits per heavy atom. The van der Waals surface area contributed by atoms with Gasteiger partial charge in [-0.1, -0.05) is 6.07 Å². The van der Waals surface area contributed by atoms with Crippen LogP contribution in [-0.4, -0.2) is 23.0 Å².